The van der Waals surface area contributed by atoms with Crippen LogP contribution in [0.25, 0.3) is 0 Å². The summed E-state index contributed by atoms with van der Waals surface area (Å²) in [6.07, 6.45) is 5.51. The number of hydrogen-bond acceptors (Lipinski definition) is 6. The Kier molecular flexibility index (Phi) is 12.4. The third-order valence-corrected chi connectivity index (χ3v) is 3.70. The lowest BCUT2D eigenvalue weighted by molar-refractivity contribution is -0.122. The second-order valence-corrected chi connectivity index (χ2v) is 6.30. The van der Waals surface area contributed by atoms with E-state index in [-0.39, 0.29) is 5.92 Å². The molecular weight excluding hydrogens is 334 g/mol. The molecule has 0 aromatic carbocycles. The monoisotopic (exact) mass is 365 g/mol. The molecule has 0 unspecified atom stereocenters. The number of Topliss-reactive ketones (excluding diaryl/α,β-unsaturated/α-hetero) is 1. The number of carbonyl (C=O) groups excluding carboxylic acids is 1. The summed E-state index contributed by atoms with van der Waals surface area (Å²) in [5, 5.41) is 8.17. The standard InChI is InChI=1S/C19H31N3O4/c1-17(2)19(23)9-5-4-6-10-22-15-18(20-21-22)16-26-12-8-7-11-25-14-13-24-3/h15,17H,4-6,9-14,16H2,1-3H3. The molecule has 7 heteroatoms. The predicted octanol–water partition coefficient (Wildman–Crippen LogP) is 2.25. The van der Waals surface area contributed by atoms with Crippen LogP contribution in [0.4, 0.5) is 0 Å². The highest BCUT2D eigenvalue weighted by molar-refractivity contribution is 5.80. The van der Waals surface area contributed by atoms with Gasteiger partial charge in [0, 0.05) is 26.0 Å². The normalized spacial score (nSPS) is 10.8. The lowest BCUT2D eigenvalue weighted by atomic mass is 10.0. The van der Waals surface area contributed by atoms with Crippen LogP contribution in [-0.2, 0) is 32.2 Å². The molecule has 7 nitrogen and oxygen atoms in total. The molecule has 0 aliphatic rings. The predicted molar refractivity (Wildman–Crippen MR) is 98.5 cm³/mol. The minimum Gasteiger partial charge on any atom is -0.382 e. The molecule has 0 N–H and O–H groups in total. The number of aromatic nitrogens is 3. The first-order chi connectivity index (χ1) is 12.6. The van der Waals surface area contributed by atoms with Crippen LogP contribution in [0.15, 0.2) is 6.20 Å². The van der Waals surface area contributed by atoms with E-state index in [1.165, 1.54) is 0 Å². The molecule has 0 aliphatic carbocycles. The molecule has 1 heterocycles. The van der Waals surface area contributed by atoms with Crippen LogP contribution in [0.3, 0.4) is 0 Å². The molecule has 0 spiro atoms. The van der Waals surface area contributed by atoms with E-state index in [2.05, 4.69) is 22.2 Å². The molecule has 1 aromatic heterocycles. The van der Waals surface area contributed by atoms with Crippen molar-refractivity contribution in [2.24, 2.45) is 5.92 Å². The molecule has 0 radical (unpaired) electrons. The minimum atomic E-state index is 0.140. The number of hydrogen-bond donors (Lipinski definition) is 0. The summed E-state index contributed by atoms with van der Waals surface area (Å²) in [6.45, 7) is 6.93. The van der Waals surface area contributed by atoms with Crippen LogP contribution in [0.1, 0.15) is 45.2 Å². The third kappa shape index (κ3) is 11.0. The Labute approximate surface area is 156 Å². The fraction of sp³-hybridized carbons (Fsp3) is 0.737. The molecule has 146 valence electrons. The molecule has 1 rings (SSSR count). The number of methoxy groups -OCH3 is 1. The van der Waals surface area contributed by atoms with E-state index < -0.39 is 0 Å². The van der Waals surface area contributed by atoms with E-state index in [4.69, 9.17) is 14.2 Å². The molecular formula is C19H31N3O4. The number of ether oxygens (including phenoxy) is 3. The van der Waals surface area contributed by atoms with Crippen molar-refractivity contribution < 1.29 is 19.0 Å². The summed E-state index contributed by atoms with van der Waals surface area (Å²) in [5.74, 6) is 6.24. The zero-order valence-electron chi connectivity index (χ0n) is 16.2. The van der Waals surface area contributed by atoms with Crippen molar-refractivity contribution in [3.05, 3.63) is 11.9 Å². The summed E-state index contributed by atoms with van der Waals surface area (Å²) in [7, 11) is 1.63. The Hall–Kier alpha value is -1.75. The Morgan fingerprint density at radius 3 is 2.65 bits per heavy atom. The van der Waals surface area contributed by atoms with Crippen LogP contribution in [0.2, 0.25) is 0 Å². The van der Waals surface area contributed by atoms with E-state index in [9.17, 15) is 4.79 Å². The van der Waals surface area contributed by atoms with Crippen LogP contribution >= 0.6 is 0 Å². The first kappa shape index (κ1) is 22.3. The number of unbranched alkanes of at least 4 members (excludes halogenated alkanes) is 2. The smallest absolute Gasteiger partial charge is 0.135 e. The Morgan fingerprint density at radius 2 is 1.92 bits per heavy atom. The second-order valence-electron chi connectivity index (χ2n) is 6.30. The van der Waals surface area contributed by atoms with Gasteiger partial charge >= 0.3 is 0 Å². The van der Waals surface area contributed by atoms with Gasteiger partial charge in [-0.2, -0.15) is 0 Å². The van der Waals surface area contributed by atoms with Gasteiger partial charge in [-0.3, -0.25) is 9.48 Å². The van der Waals surface area contributed by atoms with Gasteiger partial charge in [-0.15, -0.1) is 5.10 Å². The zero-order valence-corrected chi connectivity index (χ0v) is 16.2. The first-order valence-electron chi connectivity index (χ1n) is 9.15. The number of rotatable bonds is 14. The molecule has 0 saturated carbocycles. The largest absolute Gasteiger partial charge is 0.382 e. The van der Waals surface area contributed by atoms with Gasteiger partial charge in [-0.05, 0) is 12.8 Å². The molecule has 26 heavy (non-hydrogen) atoms. The number of nitrogens with zero attached hydrogens (tertiary/aromatic N) is 3. The van der Waals surface area contributed by atoms with Crippen molar-refractivity contribution in [3.63, 3.8) is 0 Å². The average molecular weight is 365 g/mol. The van der Waals surface area contributed by atoms with Crippen molar-refractivity contribution >= 4 is 5.78 Å². The van der Waals surface area contributed by atoms with Crippen LogP contribution in [0.5, 0.6) is 0 Å². The van der Waals surface area contributed by atoms with Gasteiger partial charge < -0.3 is 14.2 Å². The van der Waals surface area contributed by atoms with E-state index in [0.717, 1.165) is 31.5 Å². The quantitative estimate of drug-likeness (QED) is 0.372. The highest BCUT2D eigenvalue weighted by atomic mass is 16.5. The Bertz CT molecular complexity index is 561. The molecule has 1 aromatic rings. The number of aryl methyl sites for hydroxylation is 1. The van der Waals surface area contributed by atoms with Gasteiger partial charge in [0.2, 0.25) is 0 Å². The highest BCUT2D eigenvalue weighted by Crippen LogP contribution is 2.07. The van der Waals surface area contributed by atoms with Crippen molar-refractivity contribution in [1.29, 1.82) is 0 Å². The average Bonchev–Trinajstić information content (AvgIpc) is 3.07. The van der Waals surface area contributed by atoms with Gasteiger partial charge in [0.25, 0.3) is 0 Å². The lowest BCUT2D eigenvalue weighted by Crippen LogP contribution is -2.06. The molecule has 0 bridgehead atoms. The maximum absolute atomic E-state index is 11.5. The van der Waals surface area contributed by atoms with Crippen LogP contribution in [-0.4, -0.2) is 54.3 Å². The van der Waals surface area contributed by atoms with Crippen LogP contribution in [0, 0.1) is 17.8 Å². The topological polar surface area (TPSA) is 75.5 Å². The van der Waals surface area contributed by atoms with E-state index in [0.29, 0.717) is 45.2 Å². The lowest BCUT2D eigenvalue weighted by Gasteiger charge is -2.03. The van der Waals surface area contributed by atoms with Crippen molar-refractivity contribution in [2.45, 2.75) is 52.7 Å². The molecule has 0 atom stereocenters. The van der Waals surface area contributed by atoms with E-state index >= 15 is 0 Å². The summed E-state index contributed by atoms with van der Waals surface area (Å²) >= 11 is 0. The maximum atomic E-state index is 11.5. The van der Waals surface area contributed by atoms with Gasteiger partial charge in [0.15, 0.2) is 0 Å². The van der Waals surface area contributed by atoms with Gasteiger partial charge in [-0.25, -0.2) is 0 Å². The maximum Gasteiger partial charge on any atom is 0.135 e. The second kappa shape index (κ2) is 14.4. The third-order valence-electron chi connectivity index (χ3n) is 3.70. The summed E-state index contributed by atoms with van der Waals surface area (Å²) < 4.78 is 17.4. The summed E-state index contributed by atoms with van der Waals surface area (Å²) in [6, 6.07) is 0. The zero-order chi connectivity index (χ0) is 19.0. The highest BCUT2D eigenvalue weighted by Gasteiger charge is 2.06. The molecule has 0 amide bonds. The van der Waals surface area contributed by atoms with E-state index in [1.54, 1.807) is 7.11 Å². The van der Waals surface area contributed by atoms with Gasteiger partial charge in [-0.1, -0.05) is 37.3 Å². The fourth-order valence-electron chi connectivity index (χ4n) is 2.13. The Morgan fingerprint density at radius 1 is 1.15 bits per heavy atom. The fourth-order valence-corrected chi connectivity index (χ4v) is 2.13. The Balaban J connectivity index is 2.06. The van der Waals surface area contributed by atoms with Gasteiger partial charge in [0.1, 0.15) is 24.7 Å². The minimum absolute atomic E-state index is 0.140. The molecule has 0 aliphatic heterocycles. The van der Waals surface area contributed by atoms with E-state index in [1.807, 2.05) is 24.7 Å². The first-order valence-corrected chi connectivity index (χ1v) is 9.15. The molecule has 0 fully saturated rings. The molecule has 0 saturated heterocycles. The summed E-state index contributed by atoms with van der Waals surface area (Å²) in [5.41, 5.74) is 0.790. The SMILES string of the molecule is COCCOCC#CCOCc1cn(CCCCCC(=O)C(C)C)nn1. The number of ketones is 1. The summed E-state index contributed by atoms with van der Waals surface area (Å²) in [4.78, 5) is 11.5. The van der Waals surface area contributed by atoms with Crippen molar-refractivity contribution in [3.8, 4) is 11.8 Å². The van der Waals surface area contributed by atoms with Crippen LogP contribution < -0.4 is 0 Å². The number of carbonyl (C=O) groups is 1. The van der Waals surface area contributed by atoms with Crippen molar-refractivity contribution in [2.75, 3.05) is 33.5 Å². The van der Waals surface area contributed by atoms with Gasteiger partial charge in [0.05, 0.1) is 26.0 Å². The van der Waals surface area contributed by atoms with Crippen molar-refractivity contribution in [1.82, 2.24) is 15.0 Å².